The lowest BCUT2D eigenvalue weighted by Crippen LogP contribution is -2.14. The number of rotatable bonds is 7. The van der Waals surface area contributed by atoms with E-state index in [-0.39, 0.29) is 12.6 Å². The number of ether oxygens (including phenoxy) is 1. The molecule has 0 fully saturated rings. The smallest absolute Gasteiger partial charge is 0.357 e. The largest absolute Gasteiger partial charge is 0.461 e. The molecule has 0 radical (unpaired) electrons. The number of aryl methyl sites for hydroxylation is 2. The Balaban J connectivity index is 0.000000198. The molecule has 4 rings (SSSR count). The van der Waals surface area contributed by atoms with E-state index in [4.69, 9.17) is 4.74 Å². The number of hydrogen-bond donors (Lipinski definition) is 1. The molecule has 0 saturated carbocycles. The molecule has 0 saturated heterocycles. The molecule has 9 heteroatoms. The number of benzene rings is 2. The molecule has 4 aromatic rings. The molecule has 0 spiro atoms. The molecule has 0 aliphatic heterocycles. The van der Waals surface area contributed by atoms with Gasteiger partial charge >= 0.3 is 5.97 Å². The molecule has 0 aliphatic carbocycles. The molecule has 1 N–H and O–H groups in total. The van der Waals surface area contributed by atoms with E-state index >= 15 is 0 Å². The Kier molecular flexibility index (Phi) is 9.83. The molecular formula is C26H28Br2N4O3. The fourth-order valence-corrected chi connectivity index (χ4v) is 4.33. The first-order chi connectivity index (χ1) is 16.8. The highest BCUT2D eigenvalue weighted by atomic mass is 79.9. The molecule has 0 aliphatic rings. The zero-order valence-corrected chi connectivity index (χ0v) is 23.1. The van der Waals surface area contributed by atoms with Crippen molar-refractivity contribution in [3.63, 3.8) is 0 Å². The van der Waals surface area contributed by atoms with Crippen molar-refractivity contribution in [1.29, 1.82) is 0 Å². The summed E-state index contributed by atoms with van der Waals surface area (Å²) in [4.78, 5) is 12.0. The number of hydrogen-bond acceptors (Lipinski definition) is 5. The SMILES string of the molecule is CCOC(=O)c1c(Br)c(C)nn1Cc1ccccc1.Cc1nn(Cc2ccccc2)c(CO)c1Br. The maximum atomic E-state index is 12.0. The number of halogens is 2. The van der Waals surface area contributed by atoms with Gasteiger partial charge in [0.2, 0.25) is 0 Å². The Hall–Kier alpha value is -2.75. The van der Waals surface area contributed by atoms with E-state index in [1.54, 1.807) is 11.6 Å². The van der Waals surface area contributed by atoms with Gasteiger partial charge in [0.15, 0.2) is 5.69 Å². The van der Waals surface area contributed by atoms with Gasteiger partial charge in [-0.3, -0.25) is 9.36 Å². The second-order valence-electron chi connectivity index (χ2n) is 7.76. The topological polar surface area (TPSA) is 82.2 Å². The first kappa shape index (κ1) is 26.8. The third-order valence-corrected chi connectivity index (χ3v) is 7.16. The molecule has 184 valence electrons. The van der Waals surface area contributed by atoms with Gasteiger partial charge in [-0.15, -0.1) is 0 Å². The van der Waals surface area contributed by atoms with Gasteiger partial charge in [-0.1, -0.05) is 60.7 Å². The van der Waals surface area contributed by atoms with Gasteiger partial charge in [-0.05, 0) is 63.8 Å². The van der Waals surface area contributed by atoms with E-state index in [0.29, 0.717) is 29.9 Å². The van der Waals surface area contributed by atoms with Crippen LogP contribution in [-0.2, 0) is 24.4 Å². The number of carbonyl (C=O) groups excluding carboxylic acids is 1. The number of nitrogens with zero attached hydrogens (tertiary/aromatic N) is 4. The summed E-state index contributed by atoms with van der Waals surface area (Å²) in [5.41, 5.74) is 5.22. The summed E-state index contributed by atoms with van der Waals surface area (Å²) >= 11 is 6.83. The lowest BCUT2D eigenvalue weighted by molar-refractivity contribution is 0.0511. The number of aliphatic hydroxyl groups excluding tert-OH is 1. The van der Waals surface area contributed by atoms with Gasteiger partial charge in [0.05, 0.1) is 52.3 Å². The van der Waals surface area contributed by atoms with Crippen molar-refractivity contribution in [2.24, 2.45) is 0 Å². The second kappa shape index (κ2) is 12.8. The Labute approximate surface area is 222 Å². The quantitative estimate of drug-likeness (QED) is 0.275. The van der Waals surface area contributed by atoms with Crippen LogP contribution in [0.15, 0.2) is 69.6 Å². The molecule has 2 aromatic heterocycles. The third-order valence-electron chi connectivity index (χ3n) is 5.18. The van der Waals surface area contributed by atoms with Gasteiger partial charge in [0, 0.05) is 0 Å². The molecule has 0 atom stereocenters. The van der Waals surface area contributed by atoms with Crippen LogP contribution in [0.3, 0.4) is 0 Å². The predicted molar refractivity (Wildman–Crippen MR) is 142 cm³/mol. The highest BCUT2D eigenvalue weighted by Crippen LogP contribution is 2.23. The van der Waals surface area contributed by atoms with Crippen molar-refractivity contribution in [2.45, 2.75) is 40.5 Å². The minimum Gasteiger partial charge on any atom is -0.461 e. The normalized spacial score (nSPS) is 10.6. The van der Waals surface area contributed by atoms with Crippen molar-refractivity contribution < 1.29 is 14.6 Å². The zero-order valence-electron chi connectivity index (χ0n) is 19.9. The number of aliphatic hydroxyl groups is 1. The van der Waals surface area contributed by atoms with Crippen LogP contribution in [0, 0.1) is 13.8 Å². The van der Waals surface area contributed by atoms with Crippen molar-refractivity contribution in [2.75, 3.05) is 6.61 Å². The Morgan fingerprint density at radius 2 is 1.34 bits per heavy atom. The van der Waals surface area contributed by atoms with E-state index in [0.717, 1.165) is 27.1 Å². The minimum absolute atomic E-state index is 0.00570. The summed E-state index contributed by atoms with van der Waals surface area (Å²) in [7, 11) is 0. The average Bonchev–Trinajstić information content (AvgIpc) is 3.28. The van der Waals surface area contributed by atoms with E-state index in [2.05, 4.69) is 42.1 Å². The predicted octanol–water partition coefficient (Wildman–Crippen LogP) is 5.67. The second-order valence-corrected chi connectivity index (χ2v) is 9.35. The van der Waals surface area contributed by atoms with E-state index in [9.17, 15) is 9.90 Å². The van der Waals surface area contributed by atoms with E-state index in [1.165, 1.54) is 5.56 Å². The summed E-state index contributed by atoms with van der Waals surface area (Å²) in [6, 6.07) is 20.0. The Bertz CT molecular complexity index is 1250. The van der Waals surface area contributed by atoms with Crippen molar-refractivity contribution in [3.8, 4) is 0 Å². The first-order valence-electron chi connectivity index (χ1n) is 11.2. The summed E-state index contributed by atoms with van der Waals surface area (Å²) in [5, 5.41) is 18.1. The Morgan fingerprint density at radius 3 is 1.86 bits per heavy atom. The Morgan fingerprint density at radius 1 is 0.857 bits per heavy atom. The van der Waals surface area contributed by atoms with E-state index in [1.807, 2.05) is 79.2 Å². The van der Waals surface area contributed by atoms with Crippen LogP contribution in [0.2, 0.25) is 0 Å². The monoisotopic (exact) mass is 602 g/mol. The van der Waals surface area contributed by atoms with E-state index < -0.39 is 0 Å². The molecule has 2 aromatic carbocycles. The minimum atomic E-state index is -0.356. The highest BCUT2D eigenvalue weighted by Gasteiger charge is 2.21. The van der Waals surface area contributed by atoms with Crippen molar-refractivity contribution >= 4 is 37.8 Å². The van der Waals surface area contributed by atoms with Crippen LogP contribution in [0.25, 0.3) is 0 Å². The number of aromatic nitrogens is 4. The summed E-state index contributed by atoms with van der Waals surface area (Å²) < 4.78 is 10.2. The van der Waals surface area contributed by atoms with Crippen LogP contribution >= 0.6 is 31.9 Å². The molecular weight excluding hydrogens is 576 g/mol. The van der Waals surface area contributed by atoms with Crippen LogP contribution in [0.5, 0.6) is 0 Å². The number of carbonyl (C=O) groups is 1. The van der Waals surface area contributed by atoms with Gasteiger partial charge in [-0.2, -0.15) is 10.2 Å². The van der Waals surface area contributed by atoms with Gasteiger partial charge in [-0.25, -0.2) is 4.79 Å². The molecule has 0 unspecified atom stereocenters. The fraction of sp³-hybridized carbons (Fsp3) is 0.269. The number of esters is 1. The standard InChI is InChI=1S/C14H15BrN2O2.C12H13BrN2O/c1-3-19-14(18)13-12(15)10(2)16-17(13)9-11-7-5-4-6-8-11;1-9-12(13)11(8-16)15(14-9)7-10-5-3-2-4-6-10/h4-8H,3,9H2,1-2H3;2-6,16H,7-8H2,1H3. The maximum Gasteiger partial charge on any atom is 0.357 e. The van der Waals surface area contributed by atoms with Crippen LogP contribution in [0.4, 0.5) is 0 Å². The average molecular weight is 604 g/mol. The summed E-state index contributed by atoms with van der Waals surface area (Å²) in [5.74, 6) is -0.356. The van der Waals surface area contributed by atoms with Crippen LogP contribution in [-0.4, -0.2) is 37.2 Å². The third kappa shape index (κ3) is 6.90. The van der Waals surface area contributed by atoms with Crippen LogP contribution < -0.4 is 0 Å². The van der Waals surface area contributed by atoms with Crippen LogP contribution in [0.1, 0.15) is 45.6 Å². The van der Waals surface area contributed by atoms with Crippen molar-refractivity contribution in [1.82, 2.24) is 19.6 Å². The fourth-order valence-electron chi connectivity index (χ4n) is 3.47. The molecule has 35 heavy (non-hydrogen) atoms. The first-order valence-corrected chi connectivity index (χ1v) is 12.7. The molecule has 2 heterocycles. The molecule has 7 nitrogen and oxygen atoms in total. The molecule has 0 bridgehead atoms. The van der Waals surface area contributed by atoms with Gasteiger partial charge in [0.1, 0.15) is 0 Å². The lowest BCUT2D eigenvalue weighted by Gasteiger charge is -2.07. The molecule has 0 amide bonds. The van der Waals surface area contributed by atoms with Gasteiger partial charge in [0.25, 0.3) is 0 Å². The van der Waals surface area contributed by atoms with Gasteiger partial charge < -0.3 is 9.84 Å². The zero-order chi connectivity index (χ0) is 25.4. The highest BCUT2D eigenvalue weighted by molar-refractivity contribution is 9.10. The lowest BCUT2D eigenvalue weighted by atomic mass is 10.2. The maximum absolute atomic E-state index is 12.0. The van der Waals surface area contributed by atoms with Crippen molar-refractivity contribution in [3.05, 3.63) is 104 Å². The summed E-state index contributed by atoms with van der Waals surface area (Å²) in [6.45, 7) is 7.13. The summed E-state index contributed by atoms with van der Waals surface area (Å²) in [6.07, 6.45) is 0.